The quantitative estimate of drug-likeness (QED) is 0.781. The van der Waals surface area contributed by atoms with Crippen LogP contribution in [0, 0.1) is 0 Å². The zero-order valence-corrected chi connectivity index (χ0v) is 11.2. The molecule has 0 spiro atoms. The molecular formula is C14H21F3N2. The van der Waals surface area contributed by atoms with Crippen LogP contribution in [-0.4, -0.2) is 23.7 Å². The molecule has 1 unspecified atom stereocenters. The van der Waals surface area contributed by atoms with Crippen molar-refractivity contribution in [3.8, 4) is 0 Å². The van der Waals surface area contributed by atoms with Crippen LogP contribution in [0.1, 0.15) is 38.2 Å². The van der Waals surface area contributed by atoms with Crippen molar-refractivity contribution in [2.45, 2.75) is 51.2 Å². The van der Waals surface area contributed by atoms with Gasteiger partial charge in [-0.15, -0.1) is 0 Å². The predicted molar refractivity (Wildman–Crippen MR) is 69.9 cm³/mol. The van der Waals surface area contributed by atoms with E-state index in [1.165, 1.54) is 0 Å². The molecule has 108 valence electrons. The Morgan fingerprint density at radius 3 is 2.53 bits per heavy atom. The molecule has 1 N–H and O–H groups in total. The smallest absolute Gasteiger partial charge is 0.314 e. The molecule has 0 aliphatic carbocycles. The van der Waals surface area contributed by atoms with Gasteiger partial charge in [0.25, 0.3) is 0 Å². The third-order valence-corrected chi connectivity index (χ3v) is 2.93. The molecule has 1 atom stereocenters. The Morgan fingerprint density at radius 1 is 1.26 bits per heavy atom. The van der Waals surface area contributed by atoms with Crippen LogP contribution in [-0.2, 0) is 6.42 Å². The van der Waals surface area contributed by atoms with Crippen molar-refractivity contribution in [3.63, 3.8) is 0 Å². The summed E-state index contributed by atoms with van der Waals surface area (Å²) in [5.41, 5.74) is 1.11. The molecule has 1 aromatic heterocycles. The van der Waals surface area contributed by atoms with E-state index >= 15 is 0 Å². The molecule has 0 fully saturated rings. The Balaban J connectivity index is 2.42. The van der Waals surface area contributed by atoms with Crippen molar-refractivity contribution in [2.75, 3.05) is 6.54 Å². The average molecular weight is 274 g/mol. The molecule has 0 bridgehead atoms. The molecule has 0 aliphatic rings. The number of hydrogen-bond donors (Lipinski definition) is 1. The van der Waals surface area contributed by atoms with Crippen molar-refractivity contribution < 1.29 is 13.2 Å². The third-order valence-electron chi connectivity index (χ3n) is 2.93. The van der Waals surface area contributed by atoms with E-state index in [9.17, 15) is 13.2 Å². The number of hydrogen-bond acceptors (Lipinski definition) is 2. The minimum Gasteiger partial charge on any atom is -0.314 e. The lowest BCUT2D eigenvalue weighted by Crippen LogP contribution is -2.32. The fourth-order valence-electron chi connectivity index (χ4n) is 1.98. The van der Waals surface area contributed by atoms with E-state index in [2.05, 4.69) is 10.3 Å². The van der Waals surface area contributed by atoms with Gasteiger partial charge in [0, 0.05) is 24.9 Å². The molecule has 1 aromatic rings. The SMILES string of the molecule is CCCNC(CCCC(F)(F)F)Cc1ccncc1. The fourth-order valence-corrected chi connectivity index (χ4v) is 1.98. The number of nitrogens with one attached hydrogen (secondary N) is 1. The van der Waals surface area contributed by atoms with Gasteiger partial charge in [0.15, 0.2) is 0 Å². The Labute approximate surface area is 112 Å². The molecule has 0 amide bonds. The van der Waals surface area contributed by atoms with E-state index < -0.39 is 12.6 Å². The number of halogens is 3. The van der Waals surface area contributed by atoms with Gasteiger partial charge in [0.2, 0.25) is 0 Å². The standard InChI is InChI=1S/C14H21F3N2/c1-2-8-19-13(4-3-7-14(15,16)17)11-12-5-9-18-10-6-12/h5-6,9-10,13,19H,2-4,7-8,11H2,1H3. The van der Waals surface area contributed by atoms with Crippen LogP contribution >= 0.6 is 0 Å². The van der Waals surface area contributed by atoms with E-state index in [4.69, 9.17) is 0 Å². The lowest BCUT2D eigenvalue weighted by Gasteiger charge is -2.19. The first-order valence-corrected chi connectivity index (χ1v) is 6.70. The highest BCUT2D eigenvalue weighted by atomic mass is 19.4. The molecule has 0 radical (unpaired) electrons. The Morgan fingerprint density at radius 2 is 1.95 bits per heavy atom. The van der Waals surface area contributed by atoms with Crippen molar-refractivity contribution in [2.24, 2.45) is 0 Å². The van der Waals surface area contributed by atoms with Gasteiger partial charge < -0.3 is 5.32 Å². The predicted octanol–water partition coefficient (Wildman–Crippen LogP) is 3.72. The van der Waals surface area contributed by atoms with E-state index in [1.807, 2.05) is 19.1 Å². The monoisotopic (exact) mass is 274 g/mol. The molecular weight excluding hydrogens is 253 g/mol. The van der Waals surface area contributed by atoms with Crippen LogP contribution < -0.4 is 5.32 Å². The highest BCUT2D eigenvalue weighted by Gasteiger charge is 2.26. The largest absolute Gasteiger partial charge is 0.389 e. The summed E-state index contributed by atoms with van der Waals surface area (Å²) in [5, 5.41) is 3.32. The van der Waals surface area contributed by atoms with Crippen molar-refractivity contribution >= 4 is 0 Å². The topological polar surface area (TPSA) is 24.9 Å². The second-order valence-electron chi connectivity index (χ2n) is 4.72. The molecule has 1 heterocycles. The summed E-state index contributed by atoms with van der Waals surface area (Å²) >= 11 is 0. The summed E-state index contributed by atoms with van der Waals surface area (Å²) in [7, 11) is 0. The summed E-state index contributed by atoms with van der Waals surface area (Å²) in [6.07, 6.45) is 1.12. The van der Waals surface area contributed by atoms with Gasteiger partial charge in [-0.05, 0) is 49.9 Å². The first-order chi connectivity index (χ1) is 9.01. The molecule has 0 saturated heterocycles. The van der Waals surface area contributed by atoms with Crippen LogP contribution in [0.25, 0.3) is 0 Å². The highest BCUT2D eigenvalue weighted by molar-refractivity contribution is 5.11. The summed E-state index contributed by atoms with van der Waals surface area (Å²) in [6.45, 7) is 2.88. The molecule has 0 saturated carbocycles. The molecule has 19 heavy (non-hydrogen) atoms. The maximum atomic E-state index is 12.2. The Kier molecular flexibility index (Phi) is 6.84. The zero-order chi connectivity index (χ0) is 14.1. The first kappa shape index (κ1) is 16.0. The van der Waals surface area contributed by atoms with Crippen molar-refractivity contribution in [3.05, 3.63) is 30.1 Å². The first-order valence-electron chi connectivity index (χ1n) is 6.70. The minimum absolute atomic E-state index is 0.102. The molecule has 0 aromatic carbocycles. The number of aromatic nitrogens is 1. The maximum absolute atomic E-state index is 12.2. The lowest BCUT2D eigenvalue weighted by molar-refractivity contribution is -0.135. The third kappa shape index (κ3) is 7.82. The van der Waals surface area contributed by atoms with E-state index in [0.717, 1.165) is 24.9 Å². The summed E-state index contributed by atoms with van der Waals surface area (Å²) in [5.74, 6) is 0. The van der Waals surface area contributed by atoms with Crippen LogP contribution in [0.3, 0.4) is 0 Å². The van der Waals surface area contributed by atoms with Gasteiger partial charge in [-0.3, -0.25) is 4.98 Å². The lowest BCUT2D eigenvalue weighted by atomic mass is 10.0. The van der Waals surface area contributed by atoms with Crippen LogP contribution in [0.4, 0.5) is 13.2 Å². The van der Waals surface area contributed by atoms with Gasteiger partial charge in [-0.1, -0.05) is 6.92 Å². The number of nitrogens with zero attached hydrogens (tertiary/aromatic N) is 1. The summed E-state index contributed by atoms with van der Waals surface area (Å²) < 4.78 is 36.5. The van der Waals surface area contributed by atoms with Crippen molar-refractivity contribution in [1.29, 1.82) is 0 Å². The fraction of sp³-hybridized carbons (Fsp3) is 0.643. The van der Waals surface area contributed by atoms with Crippen LogP contribution in [0.15, 0.2) is 24.5 Å². The van der Waals surface area contributed by atoms with Crippen LogP contribution in [0.5, 0.6) is 0 Å². The number of alkyl halides is 3. The van der Waals surface area contributed by atoms with Crippen molar-refractivity contribution in [1.82, 2.24) is 10.3 Å². The Bertz CT molecular complexity index is 338. The average Bonchev–Trinajstić information content (AvgIpc) is 2.35. The van der Waals surface area contributed by atoms with E-state index in [1.54, 1.807) is 12.4 Å². The molecule has 5 heteroatoms. The number of pyridine rings is 1. The molecule has 2 nitrogen and oxygen atoms in total. The van der Waals surface area contributed by atoms with Gasteiger partial charge in [-0.25, -0.2) is 0 Å². The summed E-state index contributed by atoms with van der Waals surface area (Å²) in [4.78, 5) is 3.94. The van der Waals surface area contributed by atoms with E-state index in [0.29, 0.717) is 6.42 Å². The second-order valence-corrected chi connectivity index (χ2v) is 4.72. The number of rotatable bonds is 8. The maximum Gasteiger partial charge on any atom is 0.389 e. The van der Waals surface area contributed by atoms with Gasteiger partial charge >= 0.3 is 6.18 Å². The second kappa shape index (κ2) is 8.15. The summed E-state index contributed by atoms with van der Waals surface area (Å²) in [6, 6.07) is 3.92. The van der Waals surface area contributed by atoms with Gasteiger partial charge in [-0.2, -0.15) is 13.2 Å². The Hall–Kier alpha value is -1.10. The van der Waals surface area contributed by atoms with Crippen LogP contribution in [0.2, 0.25) is 0 Å². The van der Waals surface area contributed by atoms with E-state index in [-0.39, 0.29) is 12.5 Å². The molecule has 1 rings (SSSR count). The normalized spacial score (nSPS) is 13.5. The minimum atomic E-state index is -4.05. The van der Waals surface area contributed by atoms with Gasteiger partial charge in [0.1, 0.15) is 0 Å². The zero-order valence-electron chi connectivity index (χ0n) is 11.2. The van der Waals surface area contributed by atoms with Gasteiger partial charge in [0.05, 0.1) is 0 Å². The molecule has 0 aliphatic heterocycles. The highest BCUT2D eigenvalue weighted by Crippen LogP contribution is 2.23.